The molecule has 0 aromatic heterocycles. The first kappa shape index (κ1) is 18.2. The largest absolute Gasteiger partial charge is 0.124 e. The molecule has 1 aliphatic rings. The molecule has 0 amide bonds. The van der Waals surface area contributed by atoms with E-state index < -0.39 is 10.0 Å². The zero-order chi connectivity index (χ0) is 19.4. The van der Waals surface area contributed by atoms with Crippen molar-refractivity contribution in [1.29, 1.82) is 0 Å². The summed E-state index contributed by atoms with van der Waals surface area (Å²) in [6, 6.07) is 32.4. The van der Waals surface area contributed by atoms with Crippen molar-refractivity contribution in [2.45, 2.75) is 28.5 Å². The van der Waals surface area contributed by atoms with Crippen LogP contribution in [0, 0.1) is 19.1 Å². The molecule has 0 saturated heterocycles. The van der Waals surface area contributed by atoms with Crippen LogP contribution >= 0.6 is 10.0 Å². The Labute approximate surface area is 169 Å². The summed E-state index contributed by atoms with van der Waals surface area (Å²) in [5.41, 5.74) is 5.90. The SMILES string of the molecule is CC1=C(S(c2c#cccc2)(c2ccccc2)c2ccccc2C)C=C=CC=C1. The molecule has 3 aromatic carbocycles. The standard InChI is InChI=1S/C27H22S/c1-22-14-6-3-11-20-26(22)28(24-16-7-4-8-17-24,25-18-9-5-10-19-25)27-21-13-12-15-23(27)2/h3-9,12-18,20-21H,1-2H3. The summed E-state index contributed by atoms with van der Waals surface area (Å²) in [6.07, 6.45) is 8.38. The Hall–Kier alpha value is -3.17. The highest BCUT2D eigenvalue weighted by molar-refractivity contribution is 8.37. The molecular weight excluding hydrogens is 356 g/mol. The van der Waals surface area contributed by atoms with Crippen LogP contribution in [0.2, 0.25) is 0 Å². The Morgan fingerprint density at radius 1 is 0.821 bits per heavy atom. The fraction of sp³-hybridized carbons (Fsp3) is 0.0741. The van der Waals surface area contributed by atoms with Crippen LogP contribution in [0.25, 0.3) is 0 Å². The molecule has 0 saturated carbocycles. The fourth-order valence-corrected chi connectivity index (χ4v) is 7.84. The van der Waals surface area contributed by atoms with Crippen molar-refractivity contribution in [3.05, 3.63) is 131 Å². The van der Waals surface area contributed by atoms with Crippen LogP contribution in [0.3, 0.4) is 0 Å². The van der Waals surface area contributed by atoms with Crippen LogP contribution in [0.15, 0.2) is 128 Å². The minimum absolute atomic E-state index is 1.17. The van der Waals surface area contributed by atoms with Crippen molar-refractivity contribution < 1.29 is 0 Å². The molecule has 0 fully saturated rings. The Balaban J connectivity index is 2.21. The topological polar surface area (TPSA) is 0 Å². The average Bonchev–Trinajstić information content (AvgIpc) is 2.96. The van der Waals surface area contributed by atoms with E-state index in [1.54, 1.807) is 0 Å². The van der Waals surface area contributed by atoms with Gasteiger partial charge in [-0.2, -0.15) is 0 Å². The van der Waals surface area contributed by atoms with Crippen LogP contribution in [0.5, 0.6) is 0 Å². The van der Waals surface area contributed by atoms with E-state index in [4.69, 9.17) is 0 Å². The smallest absolute Gasteiger partial charge is 0.0529 e. The number of hydrogen-bond acceptors (Lipinski definition) is 0. The lowest BCUT2D eigenvalue weighted by Crippen LogP contribution is -2.08. The summed E-state index contributed by atoms with van der Waals surface area (Å²) in [7, 11) is -1.73. The van der Waals surface area contributed by atoms with Gasteiger partial charge in [0.15, 0.2) is 0 Å². The third-order valence-electron chi connectivity index (χ3n) is 4.94. The zero-order valence-corrected chi connectivity index (χ0v) is 17.0. The van der Waals surface area contributed by atoms with Crippen molar-refractivity contribution in [3.8, 4) is 0 Å². The summed E-state index contributed by atoms with van der Waals surface area (Å²) in [4.78, 5) is 5.08. The molecular formula is C27H22S. The Morgan fingerprint density at radius 3 is 2.36 bits per heavy atom. The molecule has 0 heterocycles. The normalized spacial score (nSPS) is 13.9. The van der Waals surface area contributed by atoms with E-state index >= 15 is 0 Å². The van der Waals surface area contributed by atoms with Gasteiger partial charge in [0, 0.05) is 14.7 Å². The molecule has 0 nitrogen and oxygen atoms in total. The molecule has 1 unspecified atom stereocenters. The molecule has 28 heavy (non-hydrogen) atoms. The number of hydrogen-bond donors (Lipinski definition) is 0. The van der Waals surface area contributed by atoms with Crippen LogP contribution < -0.4 is 0 Å². The molecule has 0 N–H and O–H groups in total. The molecule has 0 spiro atoms. The summed E-state index contributed by atoms with van der Waals surface area (Å²) in [5.74, 6) is 0. The van der Waals surface area contributed by atoms with Gasteiger partial charge in [-0.05, 0) is 67.5 Å². The zero-order valence-electron chi connectivity index (χ0n) is 16.1. The summed E-state index contributed by atoms with van der Waals surface area (Å²) in [5, 5.41) is 0. The van der Waals surface area contributed by atoms with Gasteiger partial charge in [-0.3, -0.25) is 0 Å². The first-order valence-electron chi connectivity index (χ1n) is 9.37. The van der Waals surface area contributed by atoms with Gasteiger partial charge in [-0.1, -0.05) is 66.7 Å². The van der Waals surface area contributed by atoms with Crippen LogP contribution in [-0.4, -0.2) is 0 Å². The molecule has 1 heteroatoms. The minimum Gasteiger partial charge on any atom is -0.124 e. The van der Waals surface area contributed by atoms with E-state index in [0.29, 0.717) is 0 Å². The van der Waals surface area contributed by atoms with Crippen LogP contribution in [0.1, 0.15) is 12.5 Å². The average molecular weight is 379 g/mol. The van der Waals surface area contributed by atoms with E-state index in [1.165, 1.54) is 30.7 Å². The third-order valence-corrected chi connectivity index (χ3v) is 9.04. The van der Waals surface area contributed by atoms with Gasteiger partial charge >= 0.3 is 0 Å². The lowest BCUT2D eigenvalue weighted by Gasteiger charge is -2.43. The summed E-state index contributed by atoms with van der Waals surface area (Å²) >= 11 is 0. The molecule has 136 valence electrons. The monoisotopic (exact) mass is 378 g/mol. The van der Waals surface area contributed by atoms with Crippen LogP contribution in [0.4, 0.5) is 0 Å². The minimum atomic E-state index is -1.73. The van der Waals surface area contributed by atoms with Crippen molar-refractivity contribution in [2.75, 3.05) is 0 Å². The van der Waals surface area contributed by atoms with E-state index in [9.17, 15) is 0 Å². The Bertz CT molecular complexity index is 1060. The van der Waals surface area contributed by atoms with Crippen molar-refractivity contribution >= 4 is 10.0 Å². The fourth-order valence-electron chi connectivity index (χ4n) is 3.68. The molecule has 4 rings (SSSR count). The maximum absolute atomic E-state index is 3.47. The van der Waals surface area contributed by atoms with E-state index in [0.717, 1.165) is 0 Å². The van der Waals surface area contributed by atoms with Gasteiger partial charge in [-0.25, -0.2) is 0 Å². The number of aryl methyl sites for hydroxylation is 1. The van der Waals surface area contributed by atoms with Gasteiger partial charge in [0.25, 0.3) is 0 Å². The van der Waals surface area contributed by atoms with Gasteiger partial charge in [0.05, 0.1) is 4.90 Å². The second-order valence-corrected chi connectivity index (χ2v) is 9.75. The van der Waals surface area contributed by atoms with Crippen LogP contribution in [-0.2, 0) is 0 Å². The quantitative estimate of drug-likeness (QED) is 0.414. The number of benzene rings is 2. The number of allylic oxidation sites excluding steroid dienone is 4. The van der Waals surface area contributed by atoms with Gasteiger partial charge < -0.3 is 0 Å². The molecule has 0 bridgehead atoms. The second kappa shape index (κ2) is 7.83. The Morgan fingerprint density at radius 2 is 1.61 bits per heavy atom. The Kier molecular flexibility index (Phi) is 5.09. The molecule has 0 aliphatic heterocycles. The molecule has 1 atom stereocenters. The van der Waals surface area contributed by atoms with Crippen molar-refractivity contribution in [3.63, 3.8) is 0 Å². The second-order valence-electron chi connectivity index (χ2n) is 6.73. The highest BCUT2D eigenvalue weighted by Gasteiger charge is 2.36. The van der Waals surface area contributed by atoms with Crippen molar-refractivity contribution in [2.24, 2.45) is 0 Å². The lowest BCUT2D eigenvalue weighted by atomic mass is 10.2. The third kappa shape index (κ3) is 3.04. The van der Waals surface area contributed by atoms with Gasteiger partial charge in [0.1, 0.15) is 0 Å². The summed E-state index contributed by atoms with van der Waals surface area (Å²) in [6.45, 7) is 4.40. The first-order chi connectivity index (χ1) is 13.7. The lowest BCUT2D eigenvalue weighted by molar-refractivity contribution is 1.23. The maximum Gasteiger partial charge on any atom is 0.0529 e. The van der Waals surface area contributed by atoms with Gasteiger partial charge in [-0.15, -0.1) is 15.8 Å². The highest BCUT2D eigenvalue weighted by atomic mass is 32.3. The van der Waals surface area contributed by atoms with Gasteiger partial charge in [0.2, 0.25) is 0 Å². The number of rotatable bonds is 4. The van der Waals surface area contributed by atoms with E-state index in [-0.39, 0.29) is 0 Å². The van der Waals surface area contributed by atoms with E-state index in [1.807, 2.05) is 12.1 Å². The van der Waals surface area contributed by atoms with E-state index in [2.05, 4.69) is 117 Å². The van der Waals surface area contributed by atoms with Crippen molar-refractivity contribution in [1.82, 2.24) is 0 Å². The maximum atomic E-state index is 3.47. The summed E-state index contributed by atoms with van der Waals surface area (Å²) < 4.78 is 0. The first-order valence-corrected chi connectivity index (χ1v) is 11.0. The predicted molar refractivity (Wildman–Crippen MR) is 119 cm³/mol. The molecule has 1 aliphatic carbocycles. The predicted octanol–water partition coefficient (Wildman–Crippen LogP) is 7.43. The highest BCUT2D eigenvalue weighted by Crippen LogP contribution is 2.74. The molecule has 3 aromatic rings. The molecule has 0 radical (unpaired) electrons.